The fourth-order valence-corrected chi connectivity index (χ4v) is 15.1. The number of rotatable bonds is 42. The first-order chi connectivity index (χ1) is 67.1. The molecule has 878 valence electrons. The van der Waals surface area contributed by atoms with Gasteiger partial charge in [0.15, 0.2) is 0 Å². The van der Waals surface area contributed by atoms with Crippen LogP contribution in [0.15, 0.2) is 0 Å². The van der Waals surface area contributed by atoms with E-state index in [1.54, 1.807) is 37.5 Å². The highest BCUT2D eigenvalue weighted by Crippen LogP contribution is 2.32. The van der Waals surface area contributed by atoms with Crippen molar-refractivity contribution in [3.8, 4) is 0 Å². The number of carbonyl (C=O) groups is 7. The molecule has 31 nitrogen and oxygen atoms in total. The van der Waals surface area contributed by atoms with Gasteiger partial charge in [0, 0.05) is 291 Å². The Labute approximate surface area is 907 Å². The number of piperidine rings is 1. The summed E-state index contributed by atoms with van der Waals surface area (Å²) in [7, 11) is 7.51. The van der Waals surface area contributed by atoms with Crippen LogP contribution >= 0.6 is 0 Å². The monoisotopic (exact) mass is 2100 g/mol. The third-order valence-electron chi connectivity index (χ3n) is 23.6. The van der Waals surface area contributed by atoms with Crippen LogP contribution in [0.3, 0.4) is 0 Å². The molecule has 7 amide bonds. The minimum atomic E-state index is -0.579. The third-order valence-corrected chi connectivity index (χ3v) is 23.6. The van der Waals surface area contributed by atoms with Crippen molar-refractivity contribution in [3.63, 3.8) is 0 Å². The molecule has 0 aromatic heterocycles. The van der Waals surface area contributed by atoms with E-state index in [1.807, 2.05) is 73.5 Å². The summed E-state index contributed by atoms with van der Waals surface area (Å²) in [6.07, 6.45) is 15.5. The van der Waals surface area contributed by atoms with Gasteiger partial charge in [-0.15, -0.1) is 0 Å². The minimum Gasteiger partial charge on any atom is -0.395 e. The van der Waals surface area contributed by atoms with Gasteiger partial charge >= 0.3 is 0 Å². The van der Waals surface area contributed by atoms with Crippen LogP contribution in [0.1, 0.15) is 395 Å². The van der Waals surface area contributed by atoms with Crippen molar-refractivity contribution in [3.05, 3.63) is 0 Å². The first kappa shape index (κ1) is 151. The van der Waals surface area contributed by atoms with E-state index in [0.717, 1.165) is 234 Å². The summed E-state index contributed by atoms with van der Waals surface area (Å²) >= 11 is 0. The number of nitrogens with zero attached hydrogens (tertiary/aromatic N) is 9. The van der Waals surface area contributed by atoms with Gasteiger partial charge in [-0.25, -0.2) is 0 Å². The van der Waals surface area contributed by atoms with Gasteiger partial charge in [0.05, 0.1) is 36.6 Å². The molecule has 5 atom stereocenters. The van der Waals surface area contributed by atoms with Crippen molar-refractivity contribution in [1.82, 2.24) is 103 Å². The molecular formula is C116H248N20O11. The van der Waals surface area contributed by atoms with Gasteiger partial charge in [-0.2, -0.15) is 0 Å². The van der Waals surface area contributed by atoms with Gasteiger partial charge in [0.25, 0.3) is 0 Å². The van der Waals surface area contributed by atoms with E-state index in [1.165, 1.54) is 0 Å². The number of carbonyl (C=O) groups excluding carboxylic acids is 7. The van der Waals surface area contributed by atoms with Crippen LogP contribution < -0.4 is 58.5 Å². The zero-order chi connectivity index (χ0) is 115. The van der Waals surface area contributed by atoms with Crippen molar-refractivity contribution in [1.29, 1.82) is 0 Å². The van der Waals surface area contributed by atoms with Gasteiger partial charge in [-0.3, -0.25) is 43.4 Å². The van der Waals surface area contributed by atoms with Crippen LogP contribution in [0.5, 0.6) is 0 Å². The number of nitrogens with one attached hydrogen (secondary N) is 11. The SMILES string of the molecule is CC(=O)N(C)CCCNC(C)(C)C.CC(=O)N1CCC(NC(C)(C)C)CC1.CC(C)NCC(C)(C)O.CCC(=O)N(C)CCCNC(C)(C)C.CCC(=O)N(CC)CCNC(C)(C)C.CCN(CCNC(C)(C)C)C(=O)C1CC1.CC[C@H](CO)NC(C)C.CN(CCCNC(C)(C)C)C(=O)C1CC1.CN(CCNC(C)(C)C)C(=O)C1CC1.C[C@@H]1CN(CCNC(C)(C)C)C[C@@H](C)O1.C[C@@H]1CN(CCNC(C)(C)C)C[C@H](C)O1. The molecule has 31 heteroatoms. The maximum absolute atomic E-state index is 11.8. The number of ether oxygens (including phenoxy) is 2. The summed E-state index contributed by atoms with van der Waals surface area (Å²) in [5.74, 6) is 2.86. The van der Waals surface area contributed by atoms with Gasteiger partial charge in [-0.05, 0) is 339 Å². The van der Waals surface area contributed by atoms with Crippen LogP contribution in [0, 0.1) is 17.8 Å². The van der Waals surface area contributed by atoms with Crippen molar-refractivity contribution in [2.45, 2.75) is 499 Å². The summed E-state index contributed by atoms with van der Waals surface area (Å²) < 4.78 is 11.4. The Morgan fingerprint density at radius 1 is 0.367 bits per heavy atom. The lowest BCUT2D eigenvalue weighted by Crippen LogP contribution is -2.50. The Morgan fingerprint density at radius 2 is 0.667 bits per heavy atom. The Kier molecular flexibility index (Phi) is 80.0. The summed E-state index contributed by atoms with van der Waals surface area (Å²) in [5, 5.41) is 55.2. The lowest BCUT2D eigenvalue weighted by molar-refractivity contribution is -0.132. The second-order valence-corrected chi connectivity index (χ2v) is 52.3. The van der Waals surface area contributed by atoms with Crippen LogP contribution in [-0.2, 0) is 43.0 Å². The highest BCUT2D eigenvalue weighted by atomic mass is 16.5. The predicted octanol–water partition coefficient (Wildman–Crippen LogP) is 14.9. The zero-order valence-corrected chi connectivity index (χ0v) is 105. The van der Waals surface area contributed by atoms with Crippen molar-refractivity contribution < 1.29 is 53.2 Å². The number of aliphatic hydroxyl groups excluding tert-OH is 1. The van der Waals surface area contributed by atoms with Crippen LogP contribution in [0.4, 0.5) is 0 Å². The number of likely N-dealkylation sites (tertiary alicyclic amines) is 1. The first-order valence-electron chi connectivity index (χ1n) is 57.2. The van der Waals surface area contributed by atoms with E-state index in [0.29, 0.717) is 97.4 Å². The van der Waals surface area contributed by atoms with E-state index in [2.05, 4.69) is 324 Å². The summed E-state index contributed by atoms with van der Waals surface area (Å²) in [6.45, 7) is 116. The molecule has 6 aliphatic rings. The quantitative estimate of drug-likeness (QED) is 0.0253. The van der Waals surface area contributed by atoms with E-state index in [9.17, 15) is 38.7 Å². The van der Waals surface area contributed by atoms with Gasteiger partial charge in [0.2, 0.25) is 41.4 Å². The number of hydrogen-bond donors (Lipinski definition) is 13. The second kappa shape index (κ2) is 77.9. The highest BCUT2D eigenvalue weighted by molar-refractivity contribution is 5.82. The van der Waals surface area contributed by atoms with Gasteiger partial charge in [0.1, 0.15) is 0 Å². The third kappa shape index (κ3) is 102. The maximum Gasteiger partial charge on any atom is 0.225 e. The molecule has 3 saturated carbocycles. The van der Waals surface area contributed by atoms with Crippen LogP contribution in [0.2, 0.25) is 0 Å². The molecule has 0 bridgehead atoms. The standard InChI is InChI=1S/2C12H26N2O.2C12H24N2O.2C11H22N2O.2C11H24N2O.C10H22N2O.2C7H17NO/c2*1-10-8-14(9-11(2)15-10)7-6-13-12(3,4)5;1-12(2,3)13-8-5-9-14(4)11(15)10-6-7-10;1-5-14(11(15)10-6-7-10)9-8-13-12(2,3)4;1-9(14)13-7-5-10(6-8-13)12-11(2,3)4;1-11(2,3)12-7-8-13(4)10(14)9-5-6-9;1-6-10(14)13(5)9-7-8-12-11(2,3)4;1-6-10(14)13(7-2)9-8-12-11(3,4)5;1-9(13)12(5)8-6-7-11-10(2,3)4;1-6(2)8-5-7(3,4)9;1-4-7(5-9)8-6(2)3/h2*10-11,13H,6-9H2,1-5H3;2*10,13H,5-9H2,1-4H3;10,12H,5-8H2,1-4H3;9,12H,5-8H2,1-4H3;2*12H,6-9H2,1-5H3;11H,6-8H2,1-5H3;6,8-9H,5H2,1-4H3;6-9H,4-5H2,1-3H3/t10-,11+;10-,11-;;;;;;;;;7-/m.1........1/s1. The minimum absolute atomic E-state index is 0.134. The van der Waals surface area contributed by atoms with Gasteiger partial charge in [-0.1, -0.05) is 48.5 Å². The van der Waals surface area contributed by atoms with Crippen molar-refractivity contribution in [2.24, 2.45) is 17.8 Å². The topological polar surface area (TPSA) is 340 Å². The van der Waals surface area contributed by atoms with Gasteiger partial charge < -0.3 is 112 Å². The lowest BCUT2D eigenvalue weighted by atomic mass is 10.00. The fraction of sp³-hybridized carbons (Fsp3) is 0.940. The Bertz CT molecular complexity index is 3260. The molecule has 0 radical (unpaired) electrons. The number of aliphatic hydroxyl groups is 2. The largest absolute Gasteiger partial charge is 0.395 e. The summed E-state index contributed by atoms with van der Waals surface area (Å²) in [6, 6.07) is 1.79. The molecule has 0 unspecified atom stereocenters. The Balaban J connectivity index is -0.000000505. The zero-order valence-electron chi connectivity index (χ0n) is 105. The molecule has 6 fully saturated rings. The lowest BCUT2D eigenvalue weighted by Gasteiger charge is -2.36. The number of likely N-dealkylation sites (N-methyl/N-ethyl adjacent to an activating group) is 3. The normalized spacial score (nSPS) is 17.7. The summed E-state index contributed by atoms with van der Waals surface area (Å²) in [5.41, 5.74) is 1.00. The highest BCUT2D eigenvalue weighted by Gasteiger charge is 2.35. The molecule has 6 rings (SSSR count). The molecule has 3 aliphatic carbocycles. The smallest absolute Gasteiger partial charge is 0.225 e. The summed E-state index contributed by atoms with van der Waals surface area (Å²) in [4.78, 5) is 97.5. The van der Waals surface area contributed by atoms with E-state index in [-0.39, 0.29) is 86.1 Å². The molecule has 3 heterocycles. The average Bonchev–Trinajstić information content (AvgIpc) is 1.72. The first-order valence-corrected chi connectivity index (χ1v) is 57.2. The molecule has 0 spiro atoms. The van der Waals surface area contributed by atoms with Crippen molar-refractivity contribution >= 4 is 41.4 Å². The van der Waals surface area contributed by atoms with Crippen LogP contribution in [-0.4, -0.2) is 398 Å². The molecule has 3 saturated heterocycles. The predicted molar refractivity (Wildman–Crippen MR) is 625 cm³/mol. The molecular weight excluding hydrogens is 1850 g/mol. The second-order valence-electron chi connectivity index (χ2n) is 52.3. The number of hydrogen-bond acceptors (Lipinski definition) is 24. The molecule has 13 N–H and O–H groups in total. The van der Waals surface area contributed by atoms with E-state index >= 15 is 0 Å². The van der Waals surface area contributed by atoms with E-state index in [4.69, 9.17) is 14.6 Å². The van der Waals surface area contributed by atoms with E-state index < -0.39 is 5.60 Å². The molecule has 0 aromatic rings. The average molecular weight is 2100 g/mol. The van der Waals surface area contributed by atoms with Crippen molar-refractivity contribution in [2.75, 3.05) is 198 Å². The molecule has 147 heavy (non-hydrogen) atoms. The maximum atomic E-state index is 11.8. The Morgan fingerprint density at radius 3 is 0.925 bits per heavy atom. The molecule has 0 aromatic carbocycles. The number of amides is 7. The Hall–Kier alpha value is -4.39. The fourth-order valence-electron chi connectivity index (χ4n) is 15.1. The molecule has 3 aliphatic heterocycles. The number of morpholine rings is 2. The van der Waals surface area contributed by atoms with Crippen LogP contribution in [0.25, 0.3) is 0 Å².